The fraction of sp³-hybridized carbons (Fsp3) is 0.300. The molecule has 1 heterocycles. The van der Waals surface area contributed by atoms with E-state index in [1.54, 1.807) is 54.6 Å². The van der Waals surface area contributed by atoms with Crippen molar-refractivity contribution in [3.63, 3.8) is 0 Å². The largest absolute Gasteiger partial charge is 0.497 e. The fourth-order valence-electron chi connectivity index (χ4n) is 3.18. The molecule has 30 heavy (non-hydrogen) atoms. The third-order valence-electron chi connectivity index (χ3n) is 4.47. The van der Waals surface area contributed by atoms with Crippen LogP contribution in [0.3, 0.4) is 0 Å². The Morgan fingerprint density at radius 3 is 2.23 bits per heavy atom. The van der Waals surface area contributed by atoms with E-state index in [0.717, 1.165) is 0 Å². The quantitative estimate of drug-likeness (QED) is 0.631. The van der Waals surface area contributed by atoms with Gasteiger partial charge >= 0.3 is 12.1 Å². The number of alkyl halides is 3. The summed E-state index contributed by atoms with van der Waals surface area (Å²) in [5.74, 6) is -0.629. The van der Waals surface area contributed by atoms with E-state index >= 15 is 0 Å². The molecule has 2 aromatic rings. The molecule has 0 aromatic heterocycles. The molecular formula is C20H18Cl3NO6. The predicted molar refractivity (Wildman–Crippen MR) is 111 cm³/mol. The van der Waals surface area contributed by atoms with Crippen LogP contribution in [0.4, 0.5) is 4.79 Å². The number of nitrogens with zero attached hydrogens (tertiary/aromatic N) is 1. The highest BCUT2D eigenvalue weighted by atomic mass is 35.6. The molecule has 0 saturated carbocycles. The maximum atomic E-state index is 13.0. The van der Waals surface area contributed by atoms with Crippen molar-refractivity contribution >= 4 is 46.9 Å². The molecule has 10 heteroatoms. The average Bonchev–Trinajstić information content (AvgIpc) is 3.13. The Bertz CT molecular complexity index is 888. The second kappa shape index (κ2) is 9.31. The van der Waals surface area contributed by atoms with Crippen molar-refractivity contribution < 1.29 is 28.9 Å². The number of ether oxygens (including phenoxy) is 3. The lowest BCUT2D eigenvalue weighted by Gasteiger charge is -2.29. The number of amides is 1. The summed E-state index contributed by atoms with van der Waals surface area (Å²) in [5, 5.41) is 9.76. The fourth-order valence-corrected chi connectivity index (χ4v) is 3.35. The van der Waals surface area contributed by atoms with Crippen molar-refractivity contribution in [3.05, 3.63) is 65.7 Å². The van der Waals surface area contributed by atoms with Crippen LogP contribution in [-0.4, -0.2) is 45.7 Å². The predicted octanol–water partition coefficient (Wildman–Crippen LogP) is 4.73. The SMILES string of the molecule is COc1ccc(C2O[C@@H](C(=O)O)[C@H](c3ccccc3)N2C(=O)OCC(Cl)(Cl)Cl)cc1. The molecule has 160 valence electrons. The van der Waals surface area contributed by atoms with Crippen LogP contribution in [0.25, 0.3) is 0 Å². The lowest BCUT2D eigenvalue weighted by Crippen LogP contribution is -2.38. The molecular weight excluding hydrogens is 457 g/mol. The van der Waals surface area contributed by atoms with Crippen molar-refractivity contribution in [1.29, 1.82) is 0 Å². The first-order valence-corrected chi connectivity index (χ1v) is 9.93. The maximum absolute atomic E-state index is 13.0. The Labute approximate surface area is 188 Å². The van der Waals surface area contributed by atoms with Gasteiger partial charge < -0.3 is 19.3 Å². The van der Waals surface area contributed by atoms with Gasteiger partial charge in [0.1, 0.15) is 18.4 Å². The summed E-state index contributed by atoms with van der Waals surface area (Å²) >= 11 is 17.1. The highest BCUT2D eigenvalue weighted by Crippen LogP contribution is 2.44. The van der Waals surface area contributed by atoms with E-state index in [1.807, 2.05) is 0 Å². The van der Waals surface area contributed by atoms with Gasteiger partial charge in [0.2, 0.25) is 3.79 Å². The molecule has 1 N–H and O–H groups in total. The molecule has 1 unspecified atom stereocenters. The highest BCUT2D eigenvalue weighted by Gasteiger charge is 2.50. The molecule has 2 aromatic carbocycles. The van der Waals surface area contributed by atoms with Gasteiger partial charge in [0.05, 0.1) is 7.11 Å². The minimum atomic E-state index is -1.82. The van der Waals surface area contributed by atoms with Gasteiger partial charge in [-0.25, -0.2) is 9.59 Å². The van der Waals surface area contributed by atoms with Crippen LogP contribution in [0.5, 0.6) is 5.75 Å². The zero-order chi connectivity index (χ0) is 21.9. The number of halogens is 3. The third-order valence-corrected chi connectivity index (χ3v) is 4.80. The van der Waals surface area contributed by atoms with Gasteiger partial charge in [-0.1, -0.05) is 77.3 Å². The van der Waals surface area contributed by atoms with E-state index in [4.69, 9.17) is 49.0 Å². The number of methoxy groups -OCH3 is 1. The number of carbonyl (C=O) groups is 2. The topological polar surface area (TPSA) is 85.3 Å². The van der Waals surface area contributed by atoms with Crippen LogP contribution in [-0.2, 0) is 14.3 Å². The van der Waals surface area contributed by atoms with Gasteiger partial charge in [-0.3, -0.25) is 4.90 Å². The highest BCUT2D eigenvalue weighted by molar-refractivity contribution is 6.67. The number of carbonyl (C=O) groups excluding carboxylic acids is 1. The Hall–Kier alpha value is -2.19. The van der Waals surface area contributed by atoms with Crippen LogP contribution in [0.2, 0.25) is 0 Å². The van der Waals surface area contributed by atoms with Crippen molar-refractivity contribution in [2.75, 3.05) is 13.7 Å². The first-order valence-electron chi connectivity index (χ1n) is 8.80. The van der Waals surface area contributed by atoms with Gasteiger partial charge in [-0.05, 0) is 17.7 Å². The lowest BCUT2D eigenvalue weighted by atomic mass is 10.0. The minimum absolute atomic E-state index is 0.512. The normalized spacial score (nSPS) is 21.3. The number of hydrogen-bond donors (Lipinski definition) is 1. The third kappa shape index (κ3) is 5.10. The molecule has 0 radical (unpaired) electrons. The number of rotatable bonds is 5. The Kier molecular flexibility index (Phi) is 6.98. The first-order chi connectivity index (χ1) is 14.2. The average molecular weight is 475 g/mol. The number of carboxylic acids is 1. The standard InChI is InChI=1S/C20H18Cl3NO6/c1-28-14-9-7-13(8-10-14)17-24(19(27)29-11-20(21,22)23)15(16(30-17)18(25)26)12-5-3-2-4-6-12/h2-10,15-17H,11H2,1H3,(H,25,26)/t15-,16+,17?/m0/s1. The molecule has 0 bridgehead atoms. The molecule has 3 atom stereocenters. The Balaban J connectivity index is 2.02. The number of hydrogen-bond acceptors (Lipinski definition) is 5. The van der Waals surface area contributed by atoms with Gasteiger partial charge in [0.25, 0.3) is 0 Å². The zero-order valence-corrected chi connectivity index (χ0v) is 18.0. The van der Waals surface area contributed by atoms with Gasteiger partial charge in [0.15, 0.2) is 12.3 Å². The second-order valence-corrected chi connectivity index (χ2v) is 8.97. The number of benzene rings is 2. The van der Waals surface area contributed by atoms with Gasteiger partial charge in [-0.15, -0.1) is 0 Å². The molecule has 0 spiro atoms. The van der Waals surface area contributed by atoms with Gasteiger partial charge in [-0.2, -0.15) is 0 Å². The molecule has 1 aliphatic rings. The molecule has 1 amide bonds. The second-order valence-electron chi connectivity index (χ2n) is 6.45. The van der Waals surface area contributed by atoms with E-state index < -0.39 is 40.8 Å². The van der Waals surface area contributed by atoms with Crippen LogP contribution in [0, 0.1) is 0 Å². The minimum Gasteiger partial charge on any atom is -0.497 e. The summed E-state index contributed by atoms with van der Waals surface area (Å²) in [6.07, 6.45) is -3.25. The lowest BCUT2D eigenvalue weighted by molar-refractivity contribution is -0.150. The summed E-state index contributed by atoms with van der Waals surface area (Å²) in [5.41, 5.74) is 1.10. The van der Waals surface area contributed by atoms with Crippen molar-refractivity contribution in [2.45, 2.75) is 22.2 Å². The van der Waals surface area contributed by atoms with Crippen molar-refractivity contribution in [1.82, 2.24) is 4.90 Å². The summed E-state index contributed by atoms with van der Waals surface area (Å²) in [4.78, 5) is 26.1. The van der Waals surface area contributed by atoms with E-state index in [2.05, 4.69) is 0 Å². The van der Waals surface area contributed by atoms with E-state index in [9.17, 15) is 14.7 Å². The van der Waals surface area contributed by atoms with Crippen molar-refractivity contribution in [2.24, 2.45) is 0 Å². The Morgan fingerprint density at radius 1 is 1.07 bits per heavy atom. The molecule has 1 aliphatic heterocycles. The Morgan fingerprint density at radius 2 is 1.70 bits per heavy atom. The monoisotopic (exact) mass is 473 g/mol. The maximum Gasteiger partial charge on any atom is 0.412 e. The van der Waals surface area contributed by atoms with E-state index in [1.165, 1.54) is 12.0 Å². The molecule has 0 aliphatic carbocycles. The van der Waals surface area contributed by atoms with Crippen LogP contribution in [0.1, 0.15) is 23.4 Å². The smallest absolute Gasteiger partial charge is 0.412 e. The first kappa shape index (κ1) is 22.5. The molecule has 1 saturated heterocycles. The van der Waals surface area contributed by atoms with Gasteiger partial charge in [0, 0.05) is 5.56 Å². The van der Waals surface area contributed by atoms with Crippen molar-refractivity contribution in [3.8, 4) is 5.75 Å². The molecule has 3 rings (SSSR count). The van der Waals surface area contributed by atoms with E-state index in [-0.39, 0.29) is 0 Å². The molecule has 7 nitrogen and oxygen atoms in total. The number of carboxylic acid groups (broad SMARTS) is 1. The number of aliphatic carboxylic acids is 1. The van der Waals surface area contributed by atoms with Crippen LogP contribution >= 0.6 is 34.8 Å². The van der Waals surface area contributed by atoms with Crippen LogP contribution < -0.4 is 4.74 Å². The summed E-state index contributed by atoms with van der Waals surface area (Å²) in [7, 11) is 1.52. The van der Waals surface area contributed by atoms with E-state index in [0.29, 0.717) is 16.9 Å². The van der Waals surface area contributed by atoms with Crippen LogP contribution in [0.15, 0.2) is 54.6 Å². The summed E-state index contributed by atoms with van der Waals surface area (Å²) < 4.78 is 14.3. The summed E-state index contributed by atoms with van der Waals surface area (Å²) in [6.45, 7) is -0.512. The summed E-state index contributed by atoms with van der Waals surface area (Å²) in [6, 6.07) is 14.4. The zero-order valence-electron chi connectivity index (χ0n) is 15.7. The molecule has 1 fully saturated rings.